The Morgan fingerprint density at radius 3 is 2.88 bits per heavy atom. The minimum Gasteiger partial charge on any atom is -0.345 e. The van der Waals surface area contributed by atoms with E-state index in [2.05, 4.69) is 10.3 Å². The van der Waals surface area contributed by atoms with Gasteiger partial charge in [0.15, 0.2) is 9.84 Å². The van der Waals surface area contributed by atoms with E-state index < -0.39 is 27.7 Å². The molecular formula is C10H9FN2O3S. The fourth-order valence-electron chi connectivity index (χ4n) is 1.47. The number of rotatable bonds is 2. The lowest BCUT2D eigenvalue weighted by Gasteiger charge is -2.09. The van der Waals surface area contributed by atoms with Crippen LogP contribution in [0.2, 0.25) is 0 Å². The molecule has 2 heterocycles. The van der Waals surface area contributed by atoms with Gasteiger partial charge < -0.3 is 5.32 Å². The molecule has 7 heteroatoms. The standard InChI is InChI=1S/C10H9FN2O3S/c11-9-8(2-1-4-12-9)10(14)13-7-3-5-17(15,16)6-7/h1-5,7H,6H2,(H,13,14). The highest BCUT2D eigenvalue weighted by atomic mass is 32.2. The van der Waals surface area contributed by atoms with Gasteiger partial charge in [0.05, 0.1) is 17.4 Å². The number of nitrogens with one attached hydrogen (secondary N) is 1. The first-order valence-electron chi connectivity index (χ1n) is 4.80. The van der Waals surface area contributed by atoms with Crippen LogP contribution in [0.5, 0.6) is 0 Å². The Labute approximate surface area is 97.3 Å². The van der Waals surface area contributed by atoms with E-state index in [0.29, 0.717) is 0 Å². The van der Waals surface area contributed by atoms with Crippen molar-refractivity contribution in [3.05, 3.63) is 41.3 Å². The summed E-state index contributed by atoms with van der Waals surface area (Å²) in [6, 6.07) is 2.09. The molecule has 1 aromatic heterocycles. The average Bonchev–Trinajstić information content (AvgIpc) is 2.58. The van der Waals surface area contributed by atoms with E-state index in [1.54, 1.807) is 0 Å². The maximum atomic E-state index is 13.2. The summed E-state index contributed by atoms with van der Waals surface area (Å²) in [7, 11) is -3.24. The summed E-state index contributed by atoms with van der Waals surface area (Å²) < 4.78 is 35.4. The van der Waals surface area contributed by atoms with Crippen LogP contribution < -0.4 is 5.32 Å². The first-order chi connectivity index (χ1) is 7.98. The molecule has 5 nitrogen and oxygen atoms in total. The summed E-state index contributed by atoms with van der Waals surface area (Å²) in [6.07, 6.45) is 2.59. The Bertz CT molecular complexity index is 583. The van der Waals surface area contributed by atoms with E-state index in [-0.39, 0.29) is 11.3 Å². The molecule has 1 aliphatic rings. The summed E-state index contributed by atoms with van der Waals surface area (Å²) in [5.41, 5.74) is -0.204. The number of pyridine rings is 1. The van der Waals surface area contributed by atoms with Gasteiger partial charge in [-0.25, -0.2) is 13.4 Å². The molecule has 0 fully saturated rings. The Morgan fingerprint density at radius 2 is 2.29 bits per heavy atom. The molecule has 1 aliphatic heterocycles. The fourth-order valence-corrected chi connectivity index (χ4v) is 2.70. The lowest BCUT2D eigenvalue weighted by molar-refractivity contribution is 0.0942. The zero-order chi connectivity index (χ0) is 12.5. The average molecular weight is 256 g/mol. The number of carbonyl (C=O) groups is 1. The number of aromatic nitrogens is 1. The van der Waals surface area contributed by atoms with E-state index in [1.807, 2.05) is 0 Å². The molecule has 2 rings (SSSR count). The van der Waals surface area contributed by atoms with Gasteiger partial charge in [0.2, 0.25) is 5.95 Å². The Hall–Kier alpha value is -1.76. The van der Waals surface area contributed by atoms with Crippen LogP contribution in [-0.2, 0) is 9.84 Å². The third-order valence-corrected chi connectivity index (χ3v) is 3.65. The van der Waals surface area contributed by atoms with Crippen LogP contribution in [0.1, 0.15) is 10.4 Å². The van der Waals surface area contributed by atoms with E-state index in [9.17, 15) is 17.6 Å². The van der Waals surface area contributed by atoms with Crippen molar-refractivity contribution in [2.45, 2.75) is 6.04 Å². The molecule has 0 radical (unpaired) electrons. The van der Waals surface area contributed by atoms with Crippen molar-refractivity contribution in [2.24, 2.45) is 0 Å². The second-order valence-electron chi connectivity index (χ2n) is 3.58. The van der Waals surface area contributed by atoms with Crippen LogP contribution in [-0.4, -0.2) is 31.1 Å². The highest BCUT2D eigenvalue weighted by Gasteiger charge is 2.24. The molecule has 1 atom stereocenters. The summed E-state index contributed by atoms with van der Waals surface area (Å²) >= 11 is 0. The molecule has 0 bridgehead atoms. The quantitative estimate of drug-likeness (QED) is 0.770. The molecule has 0 aromatic carbocycles. The Balaban J connectivity index is 2.09. The summed E-state index contributed by atoms with van der Waals surface area (Å²) in [4.78, 5) is 15.0. The van der Waals surface area contributed by atoms with Crippen LogP contribution in [0.15, 0.2) is 29.8 Å². The fraction of sp³-hybridized carbons (Fsp3) is 0.200. The van der Waals surface area contributed by atoms with Gasteiger partial charge in [0.1, 0.15) is 0 Å². The summed E-state index contributed by atoms with van der Waals surface area (Å²) in [6.45, 7) is 0. The predicted octanol–water partition coefficient (Wildman–Crippen LogP) is 0.261. The highest BCUT2D eigenvalue weighted by molar-refractivity contribution is 7.94. The van der Waals surface area contributed by atoms with Crippen molar-refractivity contribution in [3.63, 3.8) is 0 Å². The zero-order valence-corrected chi connectivity index (χ0v) is 9.45. The Kier molecular flexibility index (Phi) is 2.93. The number of nitrogens with zero attached hydrogens (tertiary/aromatic N) is 1. The molecule has 0 saturated carbocycles. The highest BCUT2D eigenvalue weighted by Crippen LogP contribution is 2.09. The second-order valence-corrected chi connectivity index (χ2v) is 5.51. The molecule has 0 spiro atoms. The SMILES string of the molecule is O=C(NC1C=CS(=O)(=O)C1)c1cccnc1F. The molecular weight excluding hydrogens is 247 g/mol. The normalized spacial score (nSPS) is 21.4. The molecule has 90 valence electrons. The van der Waals surface area contributed by atoms with Crippen molar-refractivity contribution in [3.8, 4) is 0 Å². The van der Waals surface area contributed by atoms with Gasteiger partial charge in [-0.05, 0) is 18.2 Å². The van der Waals surface area contributed by atoms with Gasteiger partial charge in [-0.15, -0.1) is 0 Å². The number of hydrogen-bond donors (Lipinski definition) is 1. The van der Waals surface area contributed by atoms with Gasteiger partial charge in [0, 0.05) is 11.6 Å². The van der Waals surface area contributed by atoms with Crippen LogP contribution in [0, 0.1) is 5.95 Å². The monoisotopic (exact) mass is 256 g/mol. The zero-order valence-electron chi connectivity index (χ0n) is 8.63. The third kappa shape index (κ3) is 2.68. The first-order valence-corrected chi connectivity index (χ1v) is 6.52. The molecule has 17 heavy (non-hydrogen) atoms. The number of hydrogen-bond acceptors (Lipinski definition) is 4. The minimum absolute atomic E-state index is 0.194. The molecule has 0 saturated heterocycles. The maximum absolute atomic E-state index is 13.2. The second kappa shape index (κ2) is 4.25. The summed E-state index contributed by atoms with van der Waals surface area (Å²) in [5, 5.41) is 3.45. The van der Waals surface area contributed by atoms with Crippen molar-refractivity contribution in [2.75, 3.05) is 5.75 Å². The molecule has 1 aromatic rings. The van der Waals surface area contributed by atoms with Gasteiger partial charge in [-0.3, -0.25) is 4.79 Å². The van der Waals surface area contributed by atoms with E-state index in [4.69, 9.17) is 0 Å². The number of carbonyl (C=O) groups excluding carboxylic acids is 1. The molecule has 1 N–H and O–H groups in total. The van der Waals surface area contributed by atoms with Gasteiger partial charge in [-0.1, -0.05) is 0 Å². The molecule has 0 aliphatic carbocycles. The third-order valence-electron chi connectivity index (χ3n) is 2.25. The molecule has 1 unspecified atom stereocenters. The lowest BCUT2D eigenvalue weighted by atomic mass is 10.2. The van der Waals surface area contributed by atoms with Crippen molar-refractivity contribution in [1.29, 1.82) is 0 Å². The van der Waals surface area contributed by atoms with Crippen LogP contribution >= 0.6 is 0 Å². The predicted molar refractivity (Wildman–Crippen MR) is 58.4 cm³/mol. The molecule has 1 amide bonds. The van der Waals surface area contributed by atoms with E-state index >= 15 is 0 Å². The largest absolute Gasteiger partial charge is 0.345 e. The van der Waals surface area contributed by atoms with E-state index in [0.717, 1.165) is 5.41 Å². The van der Waals surface area contributed by atoms with Crippen LogP contribution in [0.25, 0.3) is 0 Å². The first kappa shape index (κ1) is 11.7. The lowest BCUT2D eigenvalue weighted by Crippen LogP contribution is -2.36. The van der Waals surface area contributed by atoms with Crippen molar-refractivity contribution in [1.82, 2.24) is 10.3 Å². The van der Waals surface area contributed by atoms with Crippen LogP contribution in [0.4, 0.5) is 4.39 Å². The van der Waals surface area contributed by atoms with Gasteiger partial charge in [0.25, 0.3) is 5.91 Å². The summed E-state index contributed by atoms with van der Waals surface area (Å²) in [5.74, 6) is -1.75. The van der Waals surface area contributed by atoms with Crippen molar-refractivity contribution < 1.29 is 17.6 Å². The van der Waals surface area contributed by atoms with Gasteiger partial charge >= 0.3 is 0 Å². The minimum atomic E-state index is -3.24. The van der Waals surface area contributed by atoms with Gasteiger partial charge in [-0.2, -0.15) is 4.39 Å². The topological polar surface area (TPSA) is 76.1 Å². The number of amides is 1. The maximum Gasteiger partial charge on any atom is 0.256 e. The smallest absolute Gasteiger partial charge is 0.256 e. The number of halogens is 1. The van der Waals surface area contributed by atoms with Crippen LogP contribution in [0.3, 0.4) is 0 Å². The van der Waals surface area contributed by atoms with Crippen molar-refractivity contribution >= 4 is 15.7 Å². The van der Waals surface area contributed by atoms with E-state index in [1.165, 1.54) is 24.4 Å². The Morgan fingerprint density at radius 1 is 1.53 bits per heavy atom. The number of sulfone groups is 1.